The Morgan fingerprint density at radius 1 is 1.35 bits per heavy atom. The van der Waals surface area contributed by atoms with E-state index in [1.54, 1.807) is 0 Å². The van der Waals surface area contributed by atoms with Gasteiger partial charge in [0.05, 0.1) is 0 Å². The van der Waals surface area contributed by atoms with Crippen LogP contribution in [0.3, 0.4) is 0 Å². The molecule has 1 N–H and O–H groups in total. The maximum atomic E-state index is 3.70. The summed E-state index contributed by atoms with van der Waals surface area (Å²) in [4.78, 5) is 2.66. The number of rotatable bonds is 5. The van der Waals surface area contributed by atoms with Gasteiger partial charge in [-0.1, -0.05) is 43.7 Å². The Balaban J connectivity index is 1.86. The van der Waals surface area contributed by atoms with Crippen molar-refractivity contribution in [2.24, 2.45) is 5.92 Å². The molecule has 2 atom stereocenters. The van der Waals surface area contributed by atoms with Crippen molar-refractivity contribution < 1.29 is 0 Å². The molecule has 1 heterocycles. The molecular formula is C18H30N2. The molecule has 1 fully saturated rings. The van der Waals surface area contributed by atoms with Gasteiger partial charge >= 0.3 is 0 Å². The van der Waals surface area contributed by atoms with Crippen molar-refractivity contribution in [1.82, 2.24) is 10.2 Å². The zero-order valence-electron chi connectivity index (χ0n) is 13.5. The fraction of sp³-hybridized carbons (Fsp3) is 0.667. The molecule has 0 spiro atoms. The van der Waals surface area contributed by atoms with E-state index in [0.717, 1.165) is 12.5 Å². The molecule has 1 aliphatic rings. The van der Waals surface area contributed by atoms with E-state index in [0.29, 0.717) is 12.1 Å². The summed E-state index contributed by atoms with van der Waals surface area (Å²) >= 11 is 0. The van der Waals surface area contributed by atoms with Gasteiger partial charge in [-0.25, -0.2) is 0 Å². The highest BCUT2D eigenvalue weighted by Crippen LogP contribution is 2.14. The van der Waals surface area contributed by atoms with Crippen molar-refractivity contribution in [3.8, 4) is 0 Å². The van der Waals surface area contributed by atoms with Crippen LogP contribution in [0.2, 0.25) is 0 Å². The number of piperazine rings is 1. The normalized spacial score (nSPS) is 24.2. The molecule has 2 heteroatoms. The molecule has 0 aliphatic carbocycles. The van der Waals surface area contributed by atoms with Gasteiger partial charge in [-0.3, -0.25) is 4.90 Å². The van der Waals surface area contributed by atoms with Crippen LogP contribution in [-0.4, -0.2) is 36.6 Å². The Labute approximate surface area is 124 Å². The summed E-state index contributed by atoms with van der Waals surface area (Å²) in [5.74, 6) is 0.777. The first kappa shape index (κ1) is 15.5. The van der Waals surface area contributed by atoms with Crippen LogP contribution in [0.1, 0.15) is 38.3 Å². The van der Waals surface area contributed by atoms with E-state index in [9.17, 15) is 0 Å². The number of hydrogen-bond donors (Lipinski definition) is 1. The second-order valence-corrected chi connectivity index (χ2v) is 6.82. The van der Waals surface area contributed by atoms with Crippen LogP contribution in [0.5, 0.6) is 0 Å². The molecule has 2 nitrogen and oxygen atoms in total. The average Bonchev–Trinajstić information content (AvgIpc) is 2.39. The zero-order valence-corrected chi connectivity index (χ0v) is 13.5. The third kappa shape index (κ3) is 4.60. The molecule has 0 amide bonds. The minimum absolute atomic E-state index is 0.656. The summed E-state index contributed by atoms with van der Waals surface area (Å²) in [7, 11) is 0. The minimum atomic E-state index is 0.656. The Morgan fingerprint density at radius 3 is 2.85 bits per heavy atom. The topological polar surface area (TPSA) is 15.3 Å². The number of nitrogens with zero attached hydrogens (tertiary/aromatic N) is 1. The fourth-order valence-corrected chi connectivity index (χ4v) is 3.17. The van der Waals surface area contributed by atoms with Crippen molar-refractivity contribution in [1.29, 1.82) is 0 Å². The number of aryl methyl sites for hydroxylation is 1. The van der Waals surface area contributed by atoms with Crippen LogP contribution in [0, 0.1) is 12.8 Å². The smallest absolute Gasteiger partial charge is 0.0198 e. The molecule has 1 saturated heterocycles. The summed E-state index contributed by atoms with van der Waals surface area (Å²) in [6, 6.07) is 10.2. The molecule has 1 aromatic rings. The summed E-state index contributed by atoms with van der Waals surface area (Å²) in [6.45, 7) is 12.7. The maximum Gasteiger partial charge on any atom is 0.0198 e. The third-order valence-corrected chi connectivity index (χ3v) is 4.31. The first-order valence-electron chi connectivity index (χ1n) is 8.07. The Kier molecular flexibility index (Phi) is 5.62. The van der Waals surface area contributed by atoms with Gasteiger partial charge in [0.2, 0.25) is 0 Å². The fourth-order valence-electron chi connectivity index (χ4n) is 3.17. The molecule has 1 aliphatic heterocycles. The molecule has 2 rings (SSSR count). The largest absolute Gasteiger partial charge is 0.311 e. The lowest BCUT2D eigenvalue weighted by molar-refractivity contribution is 0.133. The summed E-state index contributed by atoms with van der Waals surface area (Å²) in [5, 5.41) is 3.70. The van der Waals surface area contributed by atoms with E-state index >= 15 is 0 Å². The first-order valence-corrected chi connectivity index (χ1v) is 8.07. The molecule has 2 unspecified atom stereocenters. The van der Waals surface area contributed by atoms with E-state index in [2.05, 4.69) is 62.2 Å². The molecule has 112 valence electrons. The zero-order chi connectivity index (χ0) is 14.5. The maximum absolute atomic E-state index is 3.70. The van der Waals surface area contributed by atoms with E-state index < -0.39 is 0 Å². The minimum Gasteiger partial charge on any atom is -0.311 e. The highest BCUT2D eigenvalue weighted by molar-refractivity contribution is 5.22. The van der Waals surface area contributed by atoms with Crippen molar-refractivity contribution in [2.75, 3.05) is 19.6 Å². The van der Waals surface area contributed by atoms with Gasteiger partial charge in [0.1, 0.15) is 0 Å². The van der Waals surface area contributed by atoms with Crippen LogP contribution in [-0.2, 0) is 6.42 Å². The second kappa shape index (κ2) is 7.24. The lowest BCUT2D eigenvalue weighted by Gasteiger charge is -2.39. The third-order valence-electron chi connectivity index (χ3n) is 4.31. The van der Waals surface area contributed by atoms with Gasteiger partial charge in [-0.2, -0.15) is 0 Å². The van der Waals surface area contributed by atoms with E-state index in [4.69, 9.17) is 0 Å². The Hall–Kier alpha value is -0.860. The first-order chi connectivity index (χ1) is 9.54. The highest BCUT2D eigenvalue weighted by atomic mass is 15.2. The Bertz CT molecular complexity index is 414. The molecule has 0 radical (unpaired) electrons. The number of nitrogens with one attached hydrogen (secondary N) is 1. The predicted molar refractivity (Wildman–Crippen MR) is 87.2 cm³/mol. The second-order valence-electron chi connectivity index (χ2n) is 6.82. The molecule has 1 aromatic carbocycles. The standard InChI is InChI=1S/C18H30N2/c1-14(2)10-18-13-20(16(4)12-19-18)9-8-17-7-5-6-15(3)11-17/h5-7,11,14,16,18-19H,8-10,12-13H2,1-4H3. The molecule has 0 aromatic heterocycles. The van der Waals surface area contributed by atoms with Crippen molar-refractivity contribution in [3.63, 3.8) is 0 Å². The van der Waals surface area contributed by atoms with Crippen LogP contribution < -0.4 is 5.32 Å². The average molecular weight is 274 g/mol. The van der Waals surface area contributed by atoms with Crippen LogP contribution in [0.15, 0.2) is 24.3 Å². The van der Waals surface area contributed by atoms with Crippen LogP contribution >= 0.6 is 0 Å². The van der Waals surface area contributed by atoms with Gasteiger partial charge in [-0.05, 0) is 38.2 Å². The van der Waals surface area contributed by atoms with Crippen LogP contribution in [0.25, 0.3) is 0 Å². The highest BCUT2D eigenvalue weighted by Gasteiger charge is 2.24. The van der Waals surface area contributed by atoms with Gasteiger partial charge in [-0.15, -0.1) is 0 Å². The predicted octanol–water partition coefficient (Wildman–Crippen LogP) is 3.25. The summed E-state index contributed by atoms with van der Waals surface area (Å²) in [6.07, 6.45) is 2.45. The lowest BCUT2D eigenvalue weighted by Crippen LogP contribution is -2.56. The molecular weight excluding hydrogens is 244 g/mol. The quantitative estimate of drug-likeness (QED) is 0.886. The van der Waals surface area contributed by atoms with Crippen LogP contribution in [0.4, 0.5) is 0 Å². The molecule has 0 saturated carbocycles. The lowest BCUT2D eigenvalue weighted by atomic mass is 9.99. The van der Waals surface area contributed by atoms with Gasteiger partial charge < -0.3 is 5.32 Å². The summed E-state index contributed by atoms with van der Waals surface area (Å²) < 4.78 is 0. The van der Waals surface area contributed by atoms with E-state index in [1.807, 2.05) is 0 Å². The van der Waals surface area contributed by atoms with Gasteiger partial charge in [0, 0.05) is 31.7 Å². The van der Waals surface area contributed by atoms with Crippen molar-refractivity contribution in [3.05, 3.63) is 35.4 Å². The van der Waals surface area contributed by atoms with Gasteiger partial charge in [0.25, 0.3) is 0 Å². The molecule has 0 bridgehead atoms. The van der Waals surface area contributed by atoms with Crippen molar-refractivity contribution in [2.45, 2.75) is 52.6 Å². The van der Waals surface area contributed by atoms with E-state index in [1.165, 1.54) is 37.1 Å². The number of hydrogen-bond acceptors (Lipinski definition) is 2. The monoisotopic (exact) mass is 274 g/mol. The Morgan fingerprint density at radius 2 is 2.15 bits per heavy atom. The summed E-state index contributed by atoms with van der Waals surface area (Å²) in [5.41, 5.74) is 2.84. The van der Waals surface area contributed by atoms with E-state index in [-0.39, 0.29) is 0 Å². The molecule has 20 heavy (non-hydrogen) atoms. The SMILES string of the molecule is Cc1cccc(CCN2CC(CC(C)C)NCC2C)c1. The number of benzene rings is 1. The van der Waals surface area contributed by atoms with Gasteiger partial charge in [0.15, 0.2) is 0 Å². The van der Waals surface area contributed by atoms with Crippen molar-refractivity contribution >= 4 is 0 Å².